The van der Waals surface area contributed by atoms with E-state index in [0.717, 1.165) is 5.56 Å². The van der Waals surface area contributed by atoms with Gasteiger partial charge >= 0.3 is 5.97 Å². The maximum absolute atomic E-state index is 12.1. The fourth-order valence-corrected chi connectivity index (χ4v) is 3.05. The Kier molecular flexibility index (Phi) is 7.22. The number of amides is 1. The molecular weight excluding hydrogens is 318 g/mol. The molecular formula is C16H23NO5S. The lowest BCUT2D eigenvalue weighted by atomic mass is 10.1. The minimum atomic E-state index is -3.22. The van der Waals surface area contributed by atoms with Gasteiger partial charge in [0, 0.05) is 13.0 Å². The molecule has 0 saturated carbocycles. The molecule has 0 heterocycles. The Hall–Kier alpha value is -1.89. The number of rotatable bonds is 9. The van der Waals surface area contributed by atoms with Gasteiger partial charge in [0.15, 0.2) is 9.84 Å². The summed E-state index contributed by atoms with van der Waals surface area (Å²) in [5, 5.41) is 8.82. The molecule has 0 atom stereocenters. The van der Waals surface area contributed by atoms with E-state index in [9.17, 15) is 18.0 Å². The lowest BCUT2D eigenvalue weighted by Crippen LogP contribution is -2.36. The average molecular weight is 341 g/mol. The molecule has 0 aliphatic carbocycles. The van der Waals surface area contributed by atoms with Crippen LogP contribution >= 0.6 is 0 Å². The van der Waals surface area contributed by atoms with Crippen LogP contribution in [0.5, 0.6) is 0 Å². The normalized spacial score (nSPS) is 11.2. The zero-order valence-electron chi connectivity index (χ0n) is 13.5. The number of hydrogen-bond acceptors (Lipinski definition) is 4. The van der Waals surface area contributed by atoms with E-state index in [1.807, 2.05) is 6.92 Å². The van der Waals surface area contributed by atoms with E-state index in [-0.39, 0.29) is 29.5 Å². The highest BCUT2D eigenvalue weighted by Gasteiger charge is 2.16. The van der Waals surface area contributed by atoms with Gasteiger partial charge in [0.25, 0.3) is 0 Å². The summed E-state index contributed by atoms with van der Waals surface area (Å²) in [5.74, 6) is -1.19. The zero-order valence-corrected chi connectivity index (χ0v) is 14.3. The highest BCUT2D eigenvalue weighted by atomic mass is 32.2. The van der Waals surface area contributed by atoms with Crippen LogP contribution in [0.1, 0.15) is 32.3 Å². The molecule has 0 saturated heterocycles. The second kappa shape index (κ2) is 8.67. The fourth-order valence-electron chi connectivity index (χ4n) is 2.16. The number of sulfone groups is 1. The molecule has 128 valence electrons. The molecule has 1 aromatic carbocycles. The van der Waals surface area contributed by atoms with Crippen molar-refractivity contribution in [3.63, 3.8) is 0 Å². The smallest absolute Gasteiger partial charge is 0.323 e. The lowest BCUT2D eigenvalue weighted by molar-refractivity contribution is -0.144. The van der Waals surface area contributed by atoms with Crippen molar-refractivity contribution >= 4 is 21.7 Å². The first kappa shape index (κ1) is 19.2. The number of aryl methyl sites for hydroxylation is 1. The van der Waals surface area contributed by atoms with Gasteiger partial charge in [0.1, 0.15) is 6.54 Å². The van der Waals surface area contributed by atoms with Crippen molar-refractivity contribution in [1.29, 1.82) is 0 Å². The third-order valence-corrected chi connectivity index (χ3v) is 5.21. The summed E-state index contributed by atoms with van der Waals surface area (Å²) in [6.45, 7) is 3.60. The van der Waals surface area contributed by atoms with E-state index < -0.39 is 15.8 Å². The Balaban J connectivity index is 2.66. The second-order valence-corrected chi connectivity index (χ2v) is 7.53. The van der Waals surface area contributed by atoms with E-state index >= 15 is 0 Å². The van der Waals surface area contributed by atoms with Crippen LogP contribution in [-0.2, 0) is 25.8 Å². The Morgan fingerprint density at radius 1 is 1.13 bits per heavy atom. The van der Waals surface area contributed by atoms with E-state index in [4.69, 9.17) is 5.11 Å². The van der Waals surface area contributed by atoms with Crippen molar-refractivity contribution < 1.29 is 23.1 Å². The third-order valence-electron chi connectivity index (χ3n) is 3.46. The van der Waals surface area contributed by atoms with Crippen molar-refractivity contribution in [2.24, 2.45) is 0 Å². The van der Waals surface area contributed by atoms with Crippen LogP contribution in [0, 0.1) is 0 Å². The molecule has 23 heavy (non-hydrogen) atoms. The summed E-state index contributed by atoms with van der Waals surface area (Å²) in [5.41, 5.74) is 0.847. The van der Waals surface area contributed by atoms with Crippen molar-refractivity contribution in [3.8, 4) is 0 Å². The topological polar surface area (TPSA) is 91.8 Å². The summed E-state index contributed by atoms with van der Waals surface area (Å²) in [4.78, 5) is 24.5. The maximum atomic E-state index is 12.1. The fraction of sp³-hybridized carbons (Fsp3) is 0.500. The second-order valence-electron chi connectivity index (χ2n) is 5.26. The molecule has 0 radical (unpaired) electrons. The molecule has 1 N–H and O–H groups in total. The van der Waals surface area contributed by atoms with Gasteiger partial charge in [-0.1, -0.05) is 26.0 Å². The van der Waals surface area contributed by atoms with Crippen molar-refractivity contribution in [3.05, 3.63) is 29.8 Å². The van der Waals surface area contributed by atoms with Gasteiger partial charge < -0.3 is 10.0 Å². The van der Waals surface area contributed by atoms with Gasteiger partial charge in [0.2, 0.25) is 5.91 Å². The Morgan fingerprint density at radius 2 is 1.74 bits per heavy atom. The number of carbonyl (C=O) groups excluding carboxylic acids is 1. The van der Waals surface area contributed by atoms with Crippen LogP contribution in [0.2, 0.25) is 0 Å². The van der Waals surface area contributed by atoms with E-state index in [1.165, 1.54) is 4.90 Å². The predicted octanol–water partition coefficient (Wildman–Crippen LogP) is 1.74. The first-order chi connectivity index (χ1) is 10.8. The minimum Gasteiger partial charge on any atom is -0.480 e. The van der Waals surface area contributed by atoms with Gasteiger partial charge in [-0.15, -0.1) is 0 Å². The maximum Gasteiger partial charge on any atom is 0.323 e. The Bertz CT molecular complexity index is 637. The van der Waals surface area contributed by atoms with Gasteiger partial charge in [-0.2, -0.15) is 0 Å². The molecule has 7 heteroatoms. The highest BCUT2D eigenvalue weighted by Crippen LogP contribution is 2.14. The number of hydrogen-bond donors (Lipinski definition) is 1. The molecule has 1 rings (SSSR count). The van der Waals surface area contributed by atoms with Crippen LogP contribution in [0.3, 0.4) is 0 Å². The monoisotopic (exact) mass is 341 g/mol. The number of carbonyl (C=O) groups is 2. The van der Waals surface area contributed by atoms with Gasteiger partial charge in [-0.3, -0.25) is 9.59 Å². The molecule has 0 unspecified atom stereocenters. The van der Waals surface area contributed by atoms with E-state index in [2.05, 4.69) is 0 Å². The van der Waals surface area contributed by atoms with Gasteiger partial charge in [-0.25, -0.2) is 8.42 Å². The van der Waals surface area contributed by atoms with Crippen molar-refractivity contribution in [2.75, 3.05) is 18.8 Å². The molecule has 0 aromatic heterocycles. The molecule has 1 amide bonds. The van der Waals surface area contributed by atoms with E-state index in [1.54, 1.807) is 31.2 Å². The van der Waals surface area contributed by atoms with Crippen molar-refractivity contribution in [2.45, 2.75) is 38.0 Å². The largest absolute Gasteiger partial charge is 0.480 e. The van der Waals surface area contributed by atoms with Crippen molar-refractivity contribution in [1.82, 2.24) is 4.90 Å². The molecule has 0 spiro atoms. The quantitative estimate of drug-likeness (QED) is 0.738. The standard InChI is InChI=1S/C16H23NO5S/c1-3-11-17(12-16(19)20)15(18)10-7-13-5-8-14(9-6-13)23(21,22)4-2/h5-6,8-9H,3-4,7,10-12H2,1-2H3,(H,19,20). The molecule has 0 bridgehead atoms. The highest BCUT2D eigenvalue weighted by molar-refractivity contribution is 7.91. The Morgan fingerprint density at radius 3 is 2.22 bits per heavy atom. The average Bonchev–Trinajstić information content (AvgIpc) is 2.52. The summed E-state index contributed by atoms with van der Waals surface area (Å²) >= 11 is 0. The van der Waals surface area contributed by atoms with Crippen LogP contribution in [0.4, 0.5) is 0 Å². The van der Waals surface area contributed by atoms with Gasteiger partial charge in [0.05, 0.1) is 10.6 Å². The number of nitrogens with zero attached hydrogens (tertiary/aromatic N) is 1. The third kappa shape index (κ3) is 6.02. The van der Waals surface area contributed by atoms with E-state index in [0.29, 0.717) is 19.4 Å². The number of aliphatic carboxylic acids is 1. The summed E-state index contributed by atoms with van der Waals surface area (Å²) < 4.78 is 23.5. The van der Waals surface area contributed by atoms with Crippen LogP contribution in [0.15, 0.2) is 29.2 Å². The van der Waals surface area contributed by atoms with Crippen LogP contribution in [0.25, 0.3) is 0 Å². The first-order valence-corrected chi connectivity index (χ1v) is 9.26. The lowest BCUT2D eigenvalue weighted by Gasteiger charge is -2.19. The van der Waals surface area contributed by atoms with Crippen LogP contribution in [-0.4, -0.2) is 49.1 Å². The molecule has 0 aliphatic rings. The summed E-state index contributed by atoms with van der Waals surface area (Å²) in [6.07, 6.45) is 1.35. The SMILES string of the molecule is CCCN(CC(=O)O)C(=O)CCc1ccc(S(=O)(=O)CC)cc1. The number of benzene rings is 1. The first-order valence-electron chi connectivity index (χ1n) is 7.61. The molecule has 6 nitrogen and oxygen atoms in total. The van der Waals surface area contributed by atoms with Crippen LogP contribution < -0.4 is 0 Å². The minimum absolute atomic E-state index is 0.0476. The number of carboxylic acid groups (broad SMARTS) is 1. The molecule has 0 aliphatic heterocycles. The zero-order chi connectivity index (χ0) is 17.5. The summed E-state index contributed by atoms with van der Waals surface area (Å²) in [6, 6.07) is 6.47. The molecule has 1 aromatic rings. The summed E-state index contributed by atoms with van der Waals surface area (Å²) in [7, 11) is -3.22. The van der Waals surface area contributed by atoms with Gasteiger partial charge in [-0.05, 0) is 30.5 Å². The Labute approximate surface area is 137 Å². The molecule has 0 fully saturated rings. The predicted molar refractivity (Wildman–Crippen MR) is 87.0 cm³/mol. The number of carboxylic acids is 1.